The third-order valence-corrected chi connectivity index (χ3v) is 2.75. The molecule has 0 aromatic heterocycles. The van der Waals surface area contributed by atoms with Crippen molar-refractivity contribution in [1.82, 2.24) is 10.6 Å². The van der Waals surface area contributed by atoms with E-state index in [1.165, 1.54) is 20.0 Å². The highest BCUT2D eigenvalue weighted by Crippen LogP contribution is 2.36. The van der Waals surface area contributed by atoms with Crippen molar-refractivity contribution >= 4 is 11.8 Å². The molecule has 0 fully saturated rings. The number of carbonyl (C=O) groups excluding carboxylic acids is 2. The summed E-state index contributed by atoms with van der Waals surface area (Å²) in [6, 6.07) is 1.94. The van der Waals surface area contributed by atoms with E-state index < -0.39 is 35.3 Å². The topological polar surface area (TPSA) is 78.4 Å². The highest BCUT2D eigenvalue weighted by atomic mass is 19.4. The van der Waals surface area contributed by atoms with E-state index in [4.69, 9.17) is 0 Å². The number of likely N-dealkylation sites (N-methyl/N-ethyl adjacent to an activating group) is 1. The van der Waals surface area contributed by atoms with E-state index in [9.17, 15) is 27.9 Å². The Bertz CT molecular complexity index is 544. The van der Waals surface area contributed by atoms with Crippen LogP contribution in [0.2, 0.25) is 0 Å². The Morgan fingerprint density at radius 3 is 2.43 bits per heavy atom. The minimum Gasteiger partial charge on any atom is -0.507 e. The number of hydrogen-bond acceptors (Lipinski definition) is 3. The molecule has 1 aromatic rings. The second-order valence-electron chi connectivity index (χ2n) is 4.42. The molecule has 8 heteroatoms. The monoisotopic (exact) mass is 304 g/mol. The van der Waals surface area contributed by atoms with Crippen molar-refractivity contribution < 1.29 is 27.9 Å². The molecule has 0 heterocycles. The number of hydrogen-bond donors (Lipinski definition) is 3. The molecule has 0 spiro atoms. The van der Waals surface area contributed by atoms with Crippen LogP contribution in [-0.2, 0) is 22.2 Å². The van der Waals surface area contributed by atoms with Gasteiger partial charge in [0.15, 0.2) is 0 Å². The SMILES string of the molecule is CNC(=O)[C@H](Cc1ccc(O)c(C(F)(F)F)c1)NC(C)=O. The van der Waals surface area contributed by atoms with Crippen LogP contribution in [0.4, 0.5) is 13.2 Å². The molecule has 0 saturated heterocycles. The van der Waals surface area contributed by atoms with Gasteiger partial charge in [-0.05, 0) is 17.7 Å². The van der Waals surface area contributed by atoms with Gasteiger partial charge in [-0.3, -0.25) is 9.59 Å². The molecular formula is C13H15F3N2O3. The summed E-state index contributed by atoms with van der Waals surface area (Å²) in [5, 5.41) is 13.9. The standard InChI is InChI=1S/C13H15F3N2O3/c1-7(19)18-10(12(21)17-2)6-8-3-4-11(20)9(5-8)13(14,15)16/h3-5,10,20H,6H2,1-2H3,(H,17,21)(H,18,19)/t10-/m0/s1. The minimum absolute atomic E-state index is 0.122. The number of nitrogens with one attached hydrogen (secondary N) is 2. The molecule has 0 aliphatic carbocycles. The number of amides is 2. The average molecular weight is 304 g/mol. The van der Waals surface area contributed by atoms with Gasteiger partial charge in [0.1, 0.15) is 11.8 Å². The maximum absolute atomic E-state index is 12.7. The zero-order valence-electron chi connectivity index (χ0n) is 11.4. The van der Waals surface area contributed by atoms with E-state index >= 15 is 0 Å². The number of aromatic hydroxyl groups is 1. The summed E-state index contributed by atoms with van der Waals surface area (Å²) in [6.07, 6.45) is -4.82. The Morgan fingerprint density at radius 1 is 1.33 bits per heavy atom. The second kappa shape index (κ2) is 6.47. The number of benzene rings is 1. The van der Waals surface area contributed by atoms with Crippen LogP contribution in [0.5, 0.6) is 5.75 Å². The molecule has 0 bridgehead atoms. The van der Waals surface area contributed by atoms with Crippen molar-refractivity contribution in [2.24, 2.45) is 0 Å². The van der Waals surface area contributed by atoms with E-state index in [0.29, 0.717) is 0 Å². The van der Waals surface area contributed by atoms with Crippen LogP contribution in [0.3, 0.4) is 0 Å². The van der Waals surface area contributed by atoms with Crippen molar-refractivity contribution in [3.05, 3.63) is 29.3 Å². The van der Waals surface area contributed by atoms with Gasteiger partial charge >= 0.3 is 6.18 Å². The molecule has 0 aliphatic rings. The molecule has 5 nitrogen and oxygen atoms in total. The Hall–Kier alpha value is -2.25. The fourth-order valence-electron chi connectivity index (χ4n) is 1.80. The lowest BCUT2D eigenvalue weighted by Crippen LogP contribution is -2.46. The van der Waals surface area contributed by atoms with Gasteiger partial charge in [0.05, 0.1) is 5.56 Å². The van der Waals surface area contributed by atoms with Crippen LogP contribution in [0.15, 0.2) is 18.2 Å². The Morgan fingerprint density at radius 2 is 1.95 bits per heavy atom. The molecule has 2 amide bonds. The molecule has 1 rings (SSSR count). The van der Waals surface area contributed by atoms with E-state index in [2.05, 4.69) is 10.6 Å². The summed E-state index contributed by atoms with van der Waals surface area (Å²) in [4.78, 5) is 22.6. The predicted octanol–water partition coefficient (Wildman–Crippen LogP) is 1.20. The predicted molar refractivity (Wildman–Crippen MR) is 68.5 cm³/mol. The summed E-state index contributed by atoms with van der Waals surface area (Å²) >= 11 is 0. The summed E-state index contributed by atoms with van der Waals surface area (Å²) in [6.45, 7) is 1.20. The third kappa shape index (κ3) is 4.66. The van der Waals surface area contributed by atoms with Crippen LogP contribution >= 0.6 is 0 Å². The molecule has 0 unspecified atom stereocenters. The van der Waals surface area contributed by atoms with Gasteiger partial charge in [0, 0.05) is 20.4 Å². The minimum atomic E-state index is -4.70. The number of phenolic OH excluding ortho intramolecular Hbond substituents is 1. The number of halogens is 3. The van der Waals surface area contributed by atoms with Crippen LogP contribution in [0.25, 0.3) is 0 Å². The summed E-state index contributed by atoms with van der Waals surface area (Å²) in [5.74, 6) is -1.88. The van der Waals surface area contributed by atoms with Crippen molar-refractivity contribution in [2.45, 2.75) is 25.6 Å². The quantitative estimate of drug-likeness (QED) is 0.782. The van der Waals surface area contributed by atoms with Gasteiger partial charge < -0.3 is 15.7 Å². The molecule has 1 atom stereocenters. The maximum Gasteiger partial charge on any atom is 0.419 e. The Labute approximate surface area is 119 Å². The van der Waals surface area contributed by atoms with Gasteiger partial charge in [-0.25, -0.2) is 0 Å². The van der Waals surface area contributed by atoms with E-state index in [1.807, 2.05) is 0 Å². The highest BCUT2D eigenvalue weighted by Gasteiger charge is 2.34. The lowest BCUT2D eigenvalue weighted by Gasteiger charge is -2.17. The summed E-state index contributed by atoms with van der Waals surface area (Å²) in [5.41, 5.74) is -1.01. The first-order valence-corrected chi connectivity index (χ1v) is 6.03. The molecule has 21 heavy (non-hydrogen) atoms. The Kier molecular flexibility index (Phi) is 5.17. The summed E-state index contributed by atoms with van der Waals surface area (Å²) < 4.78 is 38.1. The molecule has 116 valence electrons. The molecule has 0 radical (unpaired) electrons. The Balaban J connectivity index is 3.04. The number of rotatable bonds is 4. The second-order valence-corrected chi connectivity index (χ2v) is 4.42. The van der Waals surface area contributed by atoms with Gasteiger partial charge in [-0.15, -0.1) is 0 Å². The molecule has 3 N–H and O–H groups in total. The third-order valence-electron chi connectivity index (χ3n) is 2.75. The van der Waals surface area contributed by atoms with Gasteiger partial charge in [-0.2, -0.15) is 13.2 Å². The van der Waals surface area contributed by atoms with E-state index in [1.54, 1.807) is 0 Å². The van der Waals surface area contributed by atoms with Crippen LogP contribution in [0.1, 0.15) is 18.1 Å². The fraction of sp³-hybridized carbons (Fsp3) is 0.385. The lowest BCUT2D eigenvalue weighted by atomic mass is 10.0. The first kappa shape index (κ1) is 16.8. The van der Waals surface area contributed by atoms with E-state index in [0.717, 1.165) is 12.1 Å². The van der Waals surface area contributed by atoms with E-state index in [-0.39, 0.29) is 12.0 Å². The molecule has 0 aliphatic heterocycles. The van der Waals surface area contributed by atoms with Crippen LogP contribution in [0, 0.1) is 0 Å². The largest absolute Gasteiger partial charge is 0.507 e. The number of alkyl halides is 3. The first-order chi connectivity index (χ1) is 9.65. The van der Waals surface area contributed by atoms with Gasteiger partial charge in [-0.1, -0.05) is 6.07 Å². The van der Waals surface area contributed by atoms with Gasteiger partial charge in [0.25, 0.3) is 0 Å². The van der Waals surface area contributed by atoms with Crippen molar-refractivity contribution in [2.75, 3.05) is 7.05 Å². The lowest BCUT2D eigenvalue weighted by molar-refractivity contribution is -0.138. The zero-order chi connectivity index (χ0) is 16.2. The zero-order valence-corrected chi connectivity index (χ0v) is 11.4. The highest BCUT2D eigenvalue weighted by molar-refractivity contribution is 5.86. The number of phenols is 1. The van der Waals surface area contributed by atoms with Crippen molar-refractivity contribution in [1.29, 1.82) is 0 Å². The normalized spacial score (nSPS) is 12.6. The number of carbonyl (C=O) groups is 2. The van der Waals surface area contributed by atoms with Gasteiger partial charge in [0.2, 0.25) is 11.8 Å². The smallest absolute Gasteiger partial charge is 0.419 e. The summed E-state index contributed by atoms with van der Waals surface area (Å²) in [7, 11) is 1.36. The first-order valence-electron chi connectivity index (χ1n) is 6.03. The van der Waals surface area contributed by atoms with Crippen molar-refractivity contribution in [3.63, 3.8) is 0 Å². The molecular weight excluding hydrogens is 289 g/mol. The molecule has 0 saturated carbocycles. The van der Waals surface area contributed by atoms with Crippen molar-refractivity contribution in [3.8, 4) is 5.75 Å². The maximum atomic E-state index is 12.7. The van der Waals surface area contributed by atoms with Crippen LogP contribution in [-0.4, -0.2) is 30.0 Å². The average Bonchev–Trinajstić information content (AvgIpc) is 2.37. The molecule has 1 aromatic carbocycles. The van der Waals surface area contributed by atoms with Crippen LogP contribution < -0.4 is 10.6 Å². The fourth-order valence-corrected chi connectivity index (χ4v) is 1.80.